The quantitative estimate of drug-likeness (QED) is 0.687. The molecule has 152 valence electrons. The van der Waals surface area contributed by atoms with Crippen LogP contribution in [0.2, 0.25) is 0 Å². The Balaban J connectivity index is 1.42. The number of likely N-dealkylation sites (tertiary alicyclic amines) is 1. The SMILES string of the molecule is O=C(Cc1ccc(F)cc1)NNC(=O)C1CCN(C(=O)c2ccc(Br)cc2)CC1. The van der Waals surface area contributed by atoms with Gasteiger partial charge in [0.05, 0.1) is 6.42 Å². The van der Waals surface area contributed by atoms with Crippen LogP contribution in [0.15, 0.2) is 53.0 Å². The van der Waals surface area contributed by atoms with Crippen molar-refractivity contribution in [3.63, 3.8) is 0 Å². The number of benzene rings is 2. The lowest BCUT2D eigenvalue weighted by Crippen LogP contribution is -2.48. The van der Waals surface area contributed by atoms with E-state index < -0.39 is 0 Å². The molecule has 1 fully saturated rings. The molecule has 6 nitrogen and oxygen atoms in total. The van der Waals surface area contributed by atoms with Crippen LogP contribution in [0, 0.1) is 11.7 Å². The van der Waals surface area contributed by atoms with E-state index in [0.29, 0.717) is 37.1 Å². The van der Waals surface area contributed by atoms with Crippen LogP contribution >= 0.6 is 15.9 Å². The van der Waals surface area contributed by atoms with Gasteiger partial charge >= 0.3 is 0 Å². The van der Waals surface area contributed by atoms with Crippen LogP contribution in [0.25, 0.3) is 0 Å². The van der Waals surface area contributed by atoms with Crippen LogP contribution in [-0.2, 0) is 16.0 Å². The second-order valence-electron chi connectivity index (χ2n) is 6.91. The van der Waals surface area contributed by atoms with Crippen molar-refractivity contribution >= 4 is 33.7 Å². The minimum atomic E-state index is -0.382. The zero-order chi connectivity index (χ0) is 20.8. The summed E-state index contributed by atoms with van der Waals surface area (Å²) < 4.78 is 13.8. The second-order valence-corrected chi connectivity index (χ2v) is 7.83. The van der Waals surface area contributed by atoms with Gasteiger partial charge in [-0.3, -0.25) is 25.2 Å². The van der Waals surface area contributed by atoms with Gasteiger partial charge in [0.2, 0.25) is 11.8 Å². The Morgan fingerprint density at radius 3 is 2.21 bits per heavy atom. The molecule has 0 aliphatic carbocycles. The Morgan fingerprint density at radius 1 is 0.966 bits per heavy atom. The average Bonchev–Trinajstić information content (AvgIpc) is 2.74. The number of halogens is 2. The normalized spacial score (nSPS) is 14.3. The number of amides is 3. The van der Waals surface area contributed by atoms with Gasteiger partial charge in [0, 0.05) is 29.0 Å². The van der Waals surface area contributed by atoms with Gasteiger partial charge in [-0.15, -0.1) is 0 Å². The summed E-state index contributed by atoms with van der Waals surface area (Å²) in [5, 5.41) is 0. The molecule has 1 saturated heterocycles. The molecule has 0 bridgehead atoms. The van der Waals surface area contributed by atoms with E-state index in [4.69, 9.17) is 0 Å². The molecule has 0 radical (unpaired) electrons. The Kier molecular flexibility index (Phi) is 6.98. The zero-order valence-corrected chi connectivity index (χ0v) is 17.2. The minimum absolute atomic E-state index is 0.0424. The summed E-state index contributed by atoms with van der Waals surface area (Å²) in [7, 11) is 0. The first-order valence-corrected chi connectivity index (χ1v) is 10.1. The molecule has 2 N–H and O–H groups in total. The van der Waals surface area contributed by atoms with Crippen LogP contribution < -0.4 is 10.9 Å². The Bertz CT molecular complexity index is 879. The summed E-state index contributed by atoms with van der Waals surface area (Å²) in [5.74, 6) is -1.34. The zero-order valence-electron chi connectivity index (χ0n) is 15.7. The molecule has 2 aromatic rings. The van der Waals surface area contributed by atoms with Gasteiger partial charge in [-0.2, -0.15) is 0 Å². The second kappa shape index (κ2) is 9.65. The lowest BCUT2D eigenvalue weighted by atomic mass is 9.95. The van der Waals surface area contributed by atoms with Crippen molar-refractivity contribution < 1.29 is 18.8 Å². The minimum Gasteiger partial charge on any atom is -0.339 e. The average molecular weight is 462 g/mol. The maximum absolute atomic E-state index is 12.9. The summed E-state index contributed by atoms with van der Waals surface area (Å²) in [6, 6.07) is 12.8. The molecular weight excluding hydrogens is 441 g/mol. The van der Waals surface area contributed by atoms with E-state index in [0.717, 1.165) is 4.47 Å². The molecule has 3 amide bonds. The molecule has 3 rings (SSSR count). The molecule has 0 aromatic heterocycles. The van der Waals surface area contributed by atoms with Gasteiger partial charge in [-0.1, -0.05) is 28.1 Å². The summed E-state index contributed by atoms with van der Waals surface area (Å²) in [6.45, 7) is 0.965. The highest BCUT2D eigenvalue weighted by Gasteiger charge is 2.28. The fourth-order valence-electron chi connectivity index (χ4n) is 3.19. The Hall–Kier alpha value is -2.74. The molecule has 1 aliphatic rings. The Labute approximate surface area is 176 Å². The maximum Gasteiger partial charge on any atom is 0.253 e. The largest absolute Gasteiger partial charge is 0.339 e. The topological polar surface area (TPSA) is 78.5 Å². The molecular formula is C21H21BrFN3O3. The van der Waals surface area contributed by atoms with E-state index in [1.807, 2.05) is 12.1 Å². The number of hydrogen-bond donors (Lipinski definition) is 2. The van der Waals surface area contributed by atoms with Crippen molar-refractivity contribution in [3.05, 3.63) is 69.9 Å². The van der Waals surface area contributed by atoms with Crippen molar-refractivity contribution in [1.82, 2.24) is 15.8 Å². The van der Waals surface area contributed by atoms with Crippen LogP contribution in [0.4, 0.5) is 4.39 Å². The van der Waals surface area contributed by atoms with E-state index in [-0.39, 0.29) is 35.9 Å². The highest BCUT2D eigenvalue weighted by molar-refractivity contribution is 9.10. The van der Waals surface area contributed by atoms with E-state index in [2.05, 4.69) is 26.8 Å². The monoisotopic (exact) mass is 461 g/mol. The summed E-state index contributed by atoms with van der Waals surface area (Å²) >= 11 is 3.35. The predicted octanol–water partition coefficient (Wildman–Crippen LogP) is 2.83. The molecule has 29 heavy (non-hydrogen) atoms. The number of rotatable bonds is 4. The highest BCUT2D eigenvalue weighted by Crippen LogP contribution is 2.20. The molecule has 2 aromatic carbocycles. The van der Waals surface area contributed by atoms with Gasteiger partial charge < -0.3 is 4.90 Å². The van der Waals surface area contributed by atoms with Gasteiger partial charge in [0.15, 0.2) is 0 Å². The molecule has 0 atom stereocenters. The third kappa shape index (κ3) is 5.87. The number of hydrogen-bond acceptors (Lipinski definition) is 3. The van der Waals surface area contributed by atoms with E-state index >= 15 is 0 Å². The number of piperidine rings is 1. The fraction of sp³-hybridized carbons (Fsp3) is 0.286. The van der Waals surface area contributed by atoms with Crippen molar-refractivity contribution in [3.8, 4) is 0 Å². The summed E-state index contributed by atoms with van der Waals surface area (Å²) in [4.78, 5) is 38.5. The van der Waals surface area contributed by atoms with E-state index in [1.165, 1.54) is 24.3 Å². The summed E-state index contributed by atoms with van der Waals surface area (Å²) in [5.41, 5.74) is 6.10. The van der Waals surface area contributed by atoms with Crippen molar-refractivity contribution in [2.75, 3.05) is 13.1 Å². The molecule has 1 heterocycles. The lowest BCUT2D eigenvalue weighted by molar-refractivity contribution is -0.131. The maximum atomic E-state index is 12.9. The van der Waals surface area contributed by atoms with Crippen LogP contribution in [-0.4, -0.2) is 35.7 Å². The number of hydrazine groups is 1. The highest BCUT2D eigenvalue weighted by atomic mass is 79.9. The van der Waals surface area contributed by atoms with Gasteiger partial charge in [0.25, 0.3) is 5.91 Å². The van der Waals surface area contributed by atoms with Gasteiger partial charge in [0.1, 0.15) is 5.82 Å². The molecule has 0 unspecified atom stereocenters. The van der Waals surface area contributed by atoms with Gasteiger partial charge in [-0.25, -0.2) is 4.39 Å². The van der Waals surface area contributed by atoms with Crippen molar-refractivity contribution in [1.29, 1.82) is 0 Å². The number of carbonyl (C=O) groups excluding carboxylic acids is 3. The third-order valence-corrected chi connectivity index (χ3v) is 5.38. The Morgan fingerprint density at radius 2 is 1.59 bits per heavy atom. The summed E-state index contributed by atoms with van der Waals surface area (Å²) in [6.07, 6.45) is 1.10. The van der Waals surface area contributed by atoms with Crippen molar-refractivity contribution in [2.45, 2.75) is 19.3 Å². The standard InChI is InChI=1S/C21H21BrFN3O3/c22-17-5-3-16(4-6-17)21(29)26-11-9-15(10-12-26)20(28)25-24-19(27)13-14-1-7-18(23)8-2-14/h1-8,15H,9-13H2,(H,24,27)(H,25,28). The first kappa shape index (κ1) is 21.0. The van der Waals surface area contributed by atoms with Crippen LogP contribution in [0.1, 0.15) is 28.8 Å². The lowest BCUT2D eigenvalue weighted by Gasteiger charge is -2.31. The van der Waals surface area contributed by atoms with Crippen molar-refractivity contribution in [2.24, 2.45) is 5.92 Å². The number of carbonyl (C=O) groups is 3. The van der Waals surface area contributed by atoms with E-state index in [1.54, 1.807) is 17.0 Å². The molecule has 0 spiro atoms. The number of nitrogens with zero attached hydrogens (tertiary/aromatic N) is 1. The predicted molar refractivity (Wildman–Crippen MR) is 109 cm³/mol. The van der Waals surface area contributed by atoms with E-state index in [9.17, 15) is 18.8 Å². The smallest absolute Gasteiger partial charge is 0.253 e. The molecule has 1 aliphatic heterocycles. The van der Waals surface area contributed by atoms with Crippen LogP contribution in [0.5, 0.6) is 0 Å². The number of nitrogens with one attached hydrogen (secondary N) is 2. The molecule has 0 saturated carbocycles. The first-order valence-electron chi connectivity index (χ1n) is 9.30. The molecule has 8 heteroatoms. The fourth-order valence-corrected chi connectivity index (χ4v) is 3.45. The van der Waals surface area contributed by atoms with Crippen LogP contribution in [0.3, 0.4) is 0 Å². The first-order chi connectivity index (χ1) is 13.9. The third-order valence-electron chi connectivity index (χ3n) is 4.85. The van der Waals surface area contributed by atoms with Gasteiger partial charge in [-0.05, 0) is 54.8 Å².